The van der Waals surface area contributed by atoms with E-state index in [1.54, 1.807) is 6.92 Å². The Bertz CT molecular complexity index is 872. The van der Waals surface area contributed by atoms with Gasteiger partial charge in [0.2, 0.25) is 0 Å². The molecule has 1 aliphatic rings. The van der Waals surface area contributed by atoms with Crippen LogP contribution in [-0.2, 0) is 34.4 Å². The summed E-state index contributed by atoms with van der Waals surface area (Å²) < 4.78 is 139. The summed E-state index contributed by atoms with van der Waals surface area (Å²) in [4.78, 5) is 11.5. The largest absolute Gasteiger partial charge is 0.610 e. The van der Waals surface area contributed by atoms with E-state index in [0.717, 1.165) is 12.8 Å². The van der Waals surface area contributed by atoms with Crippen molar-refractivity contribution in [1.29, 1.82) is 0 Å². The molecule has 1 fully saturated rings. The molecular weight excluding hydrogens is 492 g/mol. The van der Waals surface area contributed by atoms with Gasteiger partial charge in [0.05, 0.1) is 18.6 Å². The molecule has 1 saturated carbocycles. The number of ether oxygens (including phenoxy) is 2. The van der Waals surface area contributed by atoms with E-state index in [4.69, 9.17) is 14.0 Å². The van der Waals surface area contributed by atoms with Gasteiger partial charge in [-0.25, -0.2) is 4.79 Å². The van der Waals surface area contributed by atoms with Gasteiger partial charge in [0.1, 0.15) is 6.79 Å². The van der Waals surface area contributed by atoms with Crippen LogP contribution in [0, 0.1) is 5.21 Å². The van der Waals surface area contributed by atoms with Crippen LogP contribution in [0.5, 0.6) is 0 Å². The van der Waals surface area contributed by atoms with Crippen LogP contribution in [0.3, 0.4) is 0 Å². The maximum atomic E-state index is 13.7. The summed E-state index contributed by atoms with van der Waals surface area (Å²) in [6.45, 7) is 0.564. The number of carbonyl (C=O) groups is 1. The number of rotatable bonds is 11. The number of amides is 1. The third-order valence-electron chi connectivity index (χ3n) is 4.49. The maximum absolute atomic E-state index is 13.7. The highest BCUT2D eigenvalue weighted by molar-refractivity contribution is 7.87. The molecule has 1 amide bonds. The fourth-order valence-electron chi connectivity index (χ4n) is 2.54. The lowest BCUT2D eigenvalue weighted by Crippen LogP contribution is -3.14. The standard InChI is InChI=1S/C13H19F6NO9S2/c1-10(5-2-3-6-10)29-8-28-7-4-9(21)20(22)30(23,24)12(16,17)11(14,15)13(18,19)31(25,26)27/h20H,2-8H2,1H3,(H,25,26,27). The first-order valence-corrected chi connectivity index (χ1v) is 11.3. The first-order valence-electron chi connectivity index (χ1n) is 8.38. The van der Waals surface area contributed by atoms with E-state index < -0.39 is 72.4 Å². The summed E-state index contributed by atoms with van der Waals surface area (Å²) in [7, 11) is -14.6. The highest BCUT2D eigenvalue weighted by Crippen LogP contribution is 2.49. The Balaban J connectivity index is 2.83. The van der Waals surface area contributed by atoms with Crippen molar-refractivity contribution < 1.29 is 66.5 Å². The summed E-state index contributed by atoms with van der Waals surface area (Å²) in [5.41, 5.74) is -0.519. The molecule has 18 heteroatoms. The lowest BCUT2D eigenvalue weighted by atomic mass is 10.1. The van der Waals surface area contributed by atoms with Gasteiger partial charge in [-0.15, -0.1) is 0 Å². The van der Waals surface area contributed by atoms with Crippen LogP contribution in [0.2, 0.25) is 0 Å². The number of alkyl halides is 6. The van der Waals surface area contributed by atoms with Gasteiger partial charge in [-0.05, 0) is 19.8 Å². The van der Waals surface area contributed by atoms with Crippen molar-refractivity contribution in [3.05, 3.63) is 5.21 Å². The molecule has 31 heavy (non-hydrogen) atoms. The predicted molar refractivity (Wildman–Crippen MR) is 88.0 cm³/mol. The monoisotopic (exact) mass is 511 g/mol. The van der Waals surface area contributed by atoms with E-state index in [-0.39, 0.29) is 0 Å². The molecule has 0 spiro atoms. The van der Waals surface area contributed by atoms with Crippen LogP contribution in [0.25, 0.3) is 0 Å². The van der Waals surface area contributed by atoms with Crippen molar-refractivity contribution in [2.75, 3.05) is 13.4 Å². The van der Waals surface area contributed by atoms with Gasteiger partial charge < -0.3 is 14.7 Å². The maximum Gasteiger partial charge on any atom is 0.465 e. The number of halogens is 6. The van der Waals surface area contributed by atoms with Crippen LogP contribution in [0.1, 0.15) is 39.0 Å². The van der Waals surface area contributed by atoms with E-state index in [1.165, 1.54) is 0 Å². The van der Waals surface area contributed by atoms with Crippen molar-refractivity contribution >= 4 is 26.0 Å². The van der Waals surface area contributed by atoms with Crippen LogP contribution in [0.4, 0.5) is 26.3 Å². The van der Waals surface area contributed by atoms with E-state index in [2.05, 4.69) is 0 Å². The molecule has 1 aliphatic carbocycles. The molecule has 1 unspecified atom stereocenters. The number of hydroxylamine groups is 1. The van der Waals surface area contributed by atoms with E-state index in [0.29, 0.717) is 12.8 Å². The molecule has 0 aliphatic heterocycles. The van der Waals surface area contributed by atoms with Crippen molar-refractivity contribution in [2.45, 2.75) is 61.1 Å². The Kier molecular flexibility index (Phi) is 8.18. The van der Waals surface area contributed by atoms with Crippen LogP contribution in [0.15, 0.2) is 0 Å². The van der Waals surface area contributed by atoms with Crippen molar-refractivity contribution in [3.63, 3.8) is 0 Å². The number of hydrogen-bond donors (Lipinski definition) is 2. The third-order valence-corrected chi connectivity index (χ3v) is 7.04. The van der Waals surface area contributed by atoms with Crippen LogP contribution >= 0.6 is 0 Å². The molecular formula is C13H19F6NO9S2. The smallest absolute Gasteiger partial charge is 0.465 e. The van der Waals surface area contributed by atoms with E-state index in [1.807, 2.05) is 0 Å². The van der Waals surface area contributed by atoms with Gasteiger partial charge >= 0.3 is 42.5 Å². The Morgan fingerprint density at radius 2 is 1.55 bits per heavy atom. The summed E-state index contributed by atoms with van der Waals surface area (Å²) in [5, 5.41) is -2.60. The molecule has 184 valence electrons. The number of nitrogens with one attached hydrogen (secondary N) is 1. The number of hydrogen-bond acceptors (Lipinski definition) is 8. The zero-order valence-corrected chi connectivity index (χ0v) is 17.4. The lowest BCUT2D eigenvalue weighted by molar-refractivity contribution is -0.624. The van der Waals surface area contributed by atoms with E-state index >= 15 is 0 Å². The summed E-state index contributed by atoms with van der Waals surface area (Å²) in [6.07, 6.45) is 1.95. The molecule has 1 atom stereocenters. The molecule has 0 aromatic rings. The van der Waals surface area contributed by atoms with Gasteiger partial charge in [0.15, 0.2) is 0 Å². The first-order chi connectivity index (χ1) is 13.7. The fraction of sp³-hybridized carbons (Fsp3) is 0.923. The average molecular weight is 511 g/mol. The van der Waals surface area contributed by atoms with Gasteiger partial charge in [-0.1, -0.05) is 12.8 Å². The molecule has 10 nitrogen and oxygen atoms in total. The van der Waals surface area contributed by atoms with Gasteiger partial charge in [-0.3, -0.25) is 4.55 Å². The zero-order chi connectivity index (χ0) is 24.5. The predicted octanol–water partition coefficient (Wildman–Crippen LogP) is 0.648. The molecule has 0 heterocycles. The molecule has 0 saturated heterocycles. The Morgan fingerprint density at radius 1 is 1.06 bits per heavy atom. The average Bonchev–Trinajstić information content (AvgIpc) is 3.05. The van der Waals surface area contributed by atoms with Crippen molar-refractivity contribution in [3.8, 4) is 0 Å². The topological polar surface area (TPSA) is 152 Å². The fourth-order valence-corrected chi connectivity index (χ4v) is 4.16. The lowest BCUT2D eigenvalue weighted by Gasteiger charge is -2.32. The quantitative estimate of drug-likeness (QED) is 0.134. The molecule has 0 bridgehead atoms. The third kappa shape index (κ3) is 5.31. The second kappa shape index (κ2) is 9.06. The van der Waals surface area contributed by atoms with Gasteiger partial charge in [-0.2, -0.15) is 47.6 Å². The summed E-state index contributed by atoms with van der Waals surface area (Å²) >= 11 is 0. The molecule has 2 N–H and O–H groups in total. The normalized spacial score (nSPS) is 19.4. The Morgan fingerprint density at radius 3 is 2.00 bits per heavy atom. The Labute approximate surface area is 172 Å². The molecule has 1 rings (SSSR count). The minimum absolute atomic E-state index is 0.431. The van der Waals surface area contributed by atoms with E-state index in [9.17, 15) is 53.2 Å². The highest BCUT2D eigenvalue weighted by Gasteiger charge is 2.84. The minimum atomic E-state index is -7.32. The zero-order valence-electron chi connectivity index (χ0n) is 15.7. The molecule has 0 radical (unpaired) electrons. The van der Waals surface area contributed by atoms with Crippen LogP contribution < -0.4 is 4.47 Å². The Hall–Kier alpha value is -1.05. The molecule has 0 aromatic heterocycles. The van der Waals surface area contributed by atoms with Crippen molar-refractivity contribution in [2.24, 2.45) is 0 Å². The second-order valence-corrected chi connectivity index (χ2v) is 10.2. The second-order valence-electron chi connectivity index (χ2n) is 6.87. The number of sulfonamides is 1. The van der Waals surface area contributed by atoms with Crippen LogP contribution in [-0.4, -0.2) is 62.7 Å². The highest BCUT2D eigenvalue weighted by atomic mass is 32.2. The van der Waals surface area contributed by atoms with Gasteiger partial charge in [0, 0.05) is 0 Å². The summed E-state index contributed by atoms with van der Waals surface area (Å²) in [5.74, 6) is -9.51. The van der Waals surface area contributed by atoms with Gasteiger partial charge in [0.25, 0.3) is 0 Å². The SMILES string of the molecule is CC1(OCOCCC(=O)[NH+]([O-])S(=O)(=O)C(F)(F)C(F)(F)C(F)(F)S(=O)(=O)O)CCCC1. The summed E-state index contributed by atoms with van der Waals surface area (Å²) in [6, 6.07) is 0. The van der Waals surface area contributed by atoms with Crippen molar-refractivity contribution in [1.82, 2.24) is 0 Å². The number of quaternary nitrogens is 1. The number of carbonyl (C=O) groups excluding carboxylic acids is 1. The first kappa shape index (κ1) is 28.0. The molecule has 0 aromatic carbocycles. The minimum Gasteiger partial charge on any atom is -0.610 e.